The van der Waals surface area contributed by atoms with E-state index in [0.29, 0.717) is 33.5 Å². The summed E-state index contributed by atoms with van der Waals surface area (Å²) in [5.74, 6) is 0.552. The number of nitrogens with zero attached hydrogens (tertiary/aromatic N) is 3. The minimum Gasteiger partial charge on any atom is -0.398 e. The average molecular weight is 390 g/mol. The Balaban J connectivity index is 1.91. The maximum absolute atomic E-state index is 11.2. The molecule has 0 saturated heterocycles. The Labute approximate surface area is 166 Å². The number of amides is 1. The number of carbonyl (C=O) groups is 1. The van der Waals surface area contributed by atoms with Gasteiger partial charge in [-0.05, 0) is 23.8 Å². The van der Waals surface area contributed by atoms with Crippen molar-refractivity contribution in [2.45, 2.75) is 17.8 Å². The Hall–Kier alpha value is -3.57. The summed E-state index contributed by atoms with van der Waals surface area (Å²) in [4.78, 5) is 19.9. The van der Waals surface area contributed by atoms with E-state index < -0.39 is 0 Å². The molecule has 0 aliphatic carbocycles. The molecule has 0 aliphatic rings. The molecule has 0 bridgehead atoms. The number of nitrogens with two attached hydrogens (primary N) is 2. The summed E-state index contributed by atoms with van der Waals surface area (Å²) in [5, 5.41) is 12.6. The van der Waals surface area contributed by atoms with Crippen LogP contribution in [0.4, 0.5) is 17.2 Å². The first-order valence-electron chi connectivity index (χ1n) is 8.39. The van der Waals surface area contributed by atoms with Crippen molar-refractivity contribution in [2.24, 2.45) is 0 Å². The fourth-order valence-electron chi connectivity index (χ4n) is 2.56. The molecule has 0 radical (unpaired) electrons. The summed E-state index contributed by atoms with van der Waals surface area (Å²) in [6, 6.07) is 16.7. The van der Waals surface area contributed by atoms with Gasteiger partial charge in [-0.2, -0.15) is 5.26 Å². The van der Waals surface area contributed by atoms with Crippen LogP contribution in [0.5, 0.6) is 0 Å². The van der Waals surface area contributed by atoms with Crippen LogP contribution in [-0.2, 0) is 10.5 Å². The number of carbonyl (C=O) groups excluding carboxylic acids is 1. The second-order valence-corrected chi connectivity index (χ2v) is 6.92. The van der Waals surface area contributed by atoms with Crippen LogP contribution in [0.2, 0.25) is 0 Å². The van der Waals surface area contributed by atoms with Gasteiger partial charge in [0.05, 0.1) is 5.69 Å². The summed E-state index contributed by atoms with van der Waals surface area (Å²) < 4.78 is 0. The van der Waals surface area contributed by atoms with Gasteiger partial charge >= 0.3 is 0 Å². The summed E-state index contributed by atoms with van der Waals surface area (Å²) in [6.07, 6.45) is 0. The van der Waals surface area contributed by atoms with Gasteiger partial charge in [-0.3, -0.25) is 4.79 Å². The first-order chi connectivity index (χ1) is 13.5. The summed E-state index contributed by atoms with van der Waals surface area (Å²) in [5.41, 5.74) is 15.7. The number of rotatable bonds is 5. The second-order valence-electron chi connectivity index (χ2n) is 5.97. The number of aromatic nitrogens is 2. The Kier molecular flexibility index (Phi) is 5.77. The zero-order chi connectivity index (χ0) is 20.1. The lowest BCUT2D eigenvalue weighted by Gasteiger charge is -2.10. The van der Waals surface area contributed by atoms with E-state index in [-0.39, 0.29) is 17.3 Å². The van der Waals surface area contributed by atoms with E-state index in [2.05, 4.69) is 21.4 Å². The standard InChI is InChI=1S/C20H18N6OS/c1-12(27)24-15-8-6-13(7-9-15)18-16(10-21)19(23)26-20(25-18)28-11-14-4-2-3-5-17(14)22/h2-9H,11,22H2,1H3,(H,24,27)(H2,23,25,26). The highest BCUT2D eigenvalue weighted by Gasteiger charge is 2.15. The van der Waals surface area contributed by atoms with E-state index in [1.807, 2.05) is 24.3 Å². The molecule has 2 aromatic carbocycles. The summed E-state index contributed by atoms with van der Waals surface area (Å²) in [6.45, 7) is 1.44. The number of anilines is 3. The quantitative estimate of drug-likeness (QED) is 0.345. The summed E-state index contributed by atoms with van der Waals surface area (Å²) >= 11 is 1.39. The van der Waals surface area contributed by atoms with Crippen LogP contribution >= 0.6 is 11.8 Å². The van der Waals surface area contributed by atoms with Crippen LogP contribution in [0.3, 0.4) is 0 Å². The van der Waals surface area contributed by atoms with E-state index >= 15 is 0 Å². The molecule has 0 atom stereocenters. The number of nitriles is 1. The number of hydrogen-bond donors (Lipinski definition) is 3. The lowest BCUT2D eigenvalue weighted by atomic mass is 10.1. The van der Waals surface area contributed by atoms with Crippen molar-refractivity contribution >= 4 is 34.9 Å². The average Bonchev–Trinajstić information content (AvgIpc) is 2.67. The van der Waals surface area contributed by atoms with E-state index in [1.54, 1.807) is 24.3 Å². The number of nitrogen functional groups attached to an aromatic ring is 2. The van der Waals surface area contributed by atoms with E-state index in [0.717, 1.165) is 5.56 Å². The molecule has 28 heavy (non-hydrogen) atoms. The van der Waals surface area contributed by atoms with Gasteiger partial charge in [-0.1, -0.05) is 42.1 Å². The first kappa shape index (κ1) is 19.2. The molecule has 0 unspecified atom stereocenters. The molecule has 0 spiro atoms. The Bertz CT molecular complexity index is 1060. The molecular formula is C20H18N6OS. The molecule has 8 heteroatoms. The molecule has 0 saturated carbocycles. The number of benzene rings is 2. The first-order valence-corrected chi connectivity index (χ1v) is 9.38. The Morgan fingerprint density at radius 2 is 1.86 bits per heavy atom. The maximum Gasteiger partial charge on any atom is 0.221 e. The Morgan fingerprint density at radius 1 is 1.14 bits per heavy atom. The fraction of sp³-hybridized carbons (Fsp3) is 0.100. The SMILES string of the molecule is CC(=O)Nc1ccc(-c2nc(SCc3ccccc3N)nc(N)c2C#N)cc1. The van der Waals surface area contributed by atoms with Crippen molar-refractivity contribution in [2.75, 3.05) is 16.8 Å². The molecule has 3 aromatic rings. The van der Waals surface area contributed by atoms with Gasteiger partial charge in [0.15, 0.2) is 5.16 Å². The number of para-hydroxylation sites is 1. The number of nitrogens with one attached hydrogen (secondary N) is 1. The third kappa shape index (κ3) is 4.39. The number of hydrogen-bond acceptors (Lipinski definition) is 7. The monoisotopic (exact) mass is 390 g/mol. The van der Waals surface area contributed by atoms with Gasteiger partial charge in [-0.15, -0.1) is 0 Å². The second kappa shape index (κ2) is 8.41. The molecule has 0 aliphatic heterocycles. The molecule has 5 N–H and O–H groups in total. The maximum atomic E-state index is 11.2. The highest BCUT2D eigenvalue weighted by atomic mass is 32.2. The highest BCUT2D eigenvalue weighted by Crippen LogP contribution is 2.30. The molecule has 1 aromatic heterocycles. The van der Waals surface area contributed by atoms with Gasteiger partial charge in [0.1, 0.15) is 17.5 Å². The van der Waals surface area contributed by atoms with Gasteiger partial charge in [-0.25, -0.2) is 9.97 Å². The molecule has 1 amide bonds. The van der Waals surface area contributed by atoms with E-state index in [9.17, 15) is 10.1 Å². The van der Waals surface area contributed by atoms with Crippen LogP contribution in [0, 0.1) is 11.3 Å². The van der Waals surface area contributed by atoms with E-state index in [1.165, 1.54) is 18.7 Å². The minimum atomic E-state index is -0.157. The topological polar surface area (TPSA) is 131 Å². The summed E-state index contributed by atoms with van der Waals surface area (Å²) in [7, 11) is 0. The fourth-order valence-corrected chi connectivity index (χ4v) is 3.43. The van der Waals surface area contributed by atoms with Crippen LogP contribution in [0.1, 0.15) is 18.1 Å². The normalized spacial score (nSPS) is 10.3. The zero-order valence-corrected chi connectivity index (χ0v) is 16.0. The van der Waals surface area contributed by atoms with Crippen molar-refractivity contribution < 1.29 is 4.79 Å². The Morgan fingerprint density at radius 3 is 2.50 bits per heavy atom. The molecule has 1 heterocycles. The predicted octanol–water partition coefficient (Wildman–Crippen LogP) is 3.43. The highest BCUT2D eigenvalue weighted by molar-refractivity contribution is 7.98. The molecule has 0 fully saturated rings. The van der Waals surface area contributed by atoms with Crippen LogP contribution in [-0.4, -0.2) is 15.9 Å². The van der Waals surface area contributed by atoms with E-state index in [4.69, 9.17) is 11.5 Å². The lowest BCUT2D eigenvalue weighted by Crippen LogP contribution is -2.05. The van der Waals surface area contributed by atoms with Crippen LogP contribution < -0.4 is 16.8 Å². The molecule has 3 rings (SSSR count). The van der Waals surface area contributed by atoms with Gasteiger partial charge in [0, 0.05) is 29.6 Å². The van der Waals surface area contributed by atoms with Crippen LogP contribution in [0.25, 0.3) is 11.3 Å². The lowest BCUT2D eigenvalue weighted by molar-refractivity contribution is -0.114. The van der Waals surface area contributed by atoms with Crippen molar-refractivity contribution in [3.8, 4) is 17.3 Å². The van der Waals surface area contributed by atoms with Crippen molar-refractivity contribution in [1.29, 1.82) is 5.26 Å². The number of thioether (sulfide) groups is 1. The largest absolute Gasteiger partial charge is 0.398 e. The third-order valence-corrected chi connectivity index (χ3v) is 4.81. The third-order valence-electron chi connectivity index (χ3n) is 3.92. The predicted molar refractivity (Wildman–Crippen MR) is 111 cm³/mol. The molecule has 140 valence electrons. The molecular weight excluding hydrogens is 372 g/mol. The van der Waals surface area contributed by atoms with Crippen molar-refractivity contribution in [3.05, 3.63) is 59.7 Å². The molecule has 7 nitrogen and oxygen atoms in total. The van der Waals surface area contributed by atoms with Gasteiger partial charge in [0.25, 0.3) is 0 Å². The minimum absolute atomic E-state index is 0.127. The van der Waals surface area contributed by atoms with Gasteiger partial charge in [0.2, 0.25) is 5.91 Å². The van der Waals surface area contributed by atoms with Crippen molar-refractivity contribution in [3.63, 3.8) is 0 Å². The zero-order valence-electron chi connectivity index (χ0n) is 15.1. The van der Waals surface area contributed by atoms with Gasteiger partial charge < -0.3 is 16.8 Å². The van der Waals surface area contributed by atoms with Crippen molar-refractivity contribution in [1.82, 2.24) is 9.97 Å². The smallest absolute Gasteiger partial charge is 0.221 e. The van der Waals surface area contributed by atoms with Crippen LogP contribution in [0.15, 0.2) is 53.7 Å².